The maximum Gasteiger partial charge on any atom is 0.361 e. The number of likely N-dealkylation sites (N-methyl/N-ethyl adjacent to an activating group) is 1. The minimum atomic E-state index is -1.51. The summed E-state index contributed by atoms with van der Waals surface area (Å²) in [5.74, 6) is -2.00. The second kappa shape index (κ2) is 64.2. The Morgan fingerprint density at radius 3 is 1.04 bits per heavy atom. The minimum Gasteiger partial charge on any atom is -0.477 e. The van der Waals surface area contributed by atoms with Gasteiger partial charge in [0, 0.05) is 12.8 Å². The van der Waals surface area contributed by atoms with Crippen LogP contribution in [0.25, 0.3) is 0 Å². The van der Waals surface area contributed by atoms with Gasteiger partial charge >= 0.3 is 17.9 Å². The van der Waals surface area contributed by atoms with Crippen LogP contribution in [0.3, 0.4) is 0 Å². The maximum atomic E-state index is 12.9. The van der Waals surface area contributed by atoms with Gasteiger partial charge in [-0.2, -0.15) is 0 Å². The Labute approximate surface area is 512 Å². The molecule has 0 saturated carbocycles. The SMILES string of the molecule is CC/C=C\C/C=C\C/C=C\C/C=C\C/C=C\C/C=C\C/C=C\CCCCCCCCCCCCCCCC(=O)OC(COC(=O)CCCCCCCCCCCCC/C=C\CCCCCCCCCC)COC(OCC[N+](C)(C)C)C(=O)O. The van der Waals surface area contributed by atoms with E-state index in [2.05, 4.69) is 111 Å². The zero-order chi connectivity index (χ0) is 60.5. The second-order valence-corrected chi connectivity index (χ2v) is 24.1. The van der Waals surface area contributed by atoms with Gasteiger partial charge in [0.25, 0.3) is 6.29 Å². The number of allylic oxidation sites excluding steroid dienone is 16. The fraction of sp³-hybridized carbons (Fsp3) is 0.743. The number of carbonyl (C=O) groups is 3. The first-order valence-corrected chi connectivity index (χ1v) is 34.4. The van der Waals surface area contributed by atoms with Crippen LogP contribution < -0.4 is 0 Å². The molecule has 9 nitrogen and oxygen atoms in total. The van der Waals surface area contributed by atoms with E-state index < -0.39 is 24.3 Å². The van der Waals surface area contributed by atoms with E-state index in [9.17, 15) is 19.5 Å². The second-order valence-electron chi connectivity index (χ2n) is 24.1. The normalized spacial score (nSPS) is 13.3. The number of esters is 2. The molecule has 0 aliphatic heterocycles. The molecular formula is C74H130NO8+. The van der Waals surface area contributed by atoms with Crippen LogP contribution in [0.5, 0.6) is 0 Å². The van der Waals surface area contributed by atoms with E-state index in [1.807, 2.05) is 21.1 Å². The summed E-state index contributed by atoms with van der Waals surface area (Å²) in [5, 5.41) is 9.74. The summed E-state index contributed by atoms with van der Waals surface area (Å²) < 4.78 is 23.0. The van der Waals surface area contributed by atoms with Gasteiger partial charge < -0.3 is 28.5 Å². The summed E-state index contributed by atoms with van der Waals surface area (Å²) in [5.41, 5.74) is 0. The fourth-order valence-corrected chi connectivity index (χ4v) is 9.58. The Morgan fingerprint density at radius 1 is 0.373 bits per heavy atom. The molecule has 0 aromatic rings. The number of quaternary nitrogens is 1. The van der Waals surface area contributed by atoms with Gasteiger partial charge in [-0.25, -0.2) is 4.79 Å². The number of carboxylic acids is 1. The van der Waals surface area contributed by atoms with E-state index in [1.165, 1.54) is 180 Å². The lowest BCUT2D eigenvalue weighted by molar-refractivity contribution is -0.870. The molecule has 83 heavy (non-hydrogen) atoms. The molecule has 0 amide bonds. The van der Waals surface area contributed by atoms with E-state index in [1.54, 1.807) is 0 Å². The molecule has 0 saturated heterocycles. The van der Waals surface area contributed by atoms with E-state index in [0.29, 0.717) is 17.4 Å². The predicted octanol–water partition coefficient (Wildman–Crippen LogP) is 21.2. The molecular weight excluding hydrogens is 1030 g/mol. The highest BCUT2D eigenvalue weighted by molar-refractivity contribution is 5.71. The number of aliphatic carboxylic acids is 1. The van der Waals surface area contributed by atoms with Crippen molar-refractivity contribution in [3.8, 4) is 0 Å². The van der Waals surface area contributed by atoms with Crippen LogP contribution in [-0.2, 0) is 33.3 Å². The predicted molar refractivity (Wildman–Crippen MR) is 355 cm³/mol. The van der Waals surface area contributed by atoms with Crippen molar-refractivity contribution in [1.82, 2.24) is 0 Å². The van der Waals surface area contributed by atoms with Crippen LogP contribution in [0.1, 0.15) is 296 Å². The Kier molecular flexibility index (Phi) is 61.3. The van der Waals surface area contributed by atoms with Gasteiger partial charge in [-0.1, -0.05) is 284 Å². The highest BCUT2D eigenvalue weighted by Crippen LogP contribution is 2.17. The first kappa shape index (κ1) is 79.2. The highest BCUT2D eigenvalue weighted by atomic mass is 16.7. The van der Waals surface area contributed by atoms with Crippen molar-refractivity contribution in [3.05, 3.63) is 97.2 Å². The summed E-state index contributed by atoms with van der Waals surface area (Å²) in [7, 11) is 5.98. The summed E-state index contributed by atoms with van der Waals surface area (Å²) in [6.07, 6.45) is 85.1. The molecule has 0 rings (SSSR count). The lowest BCUT2D eigenvalue weighted by atomic mass is 10.0. The number of nitrogens with zero attached hydrogens (tertiary/aromatic N) is 1. The molecule has 9 heteroatoms. The molecule has 2 atom stereocenters. The van der Waals surface area contributed by atoms with Crippen LogP contribution in [-0.4, -0.2) is 87.4 Å². The largest absolute Gasteiger partial charge is 0.477 e. The van der Waals surface area contributed by atoms with Crippen LogP contribution in [0, 0.1) is 0 Å². The van der Waals surface area contributed by atoms with E-state index in [4.69, 9.17) is 18.9 Å². The molecule has 0 heterocycles. The zero-order valence-corrected chi connectivity index (χ0v) is 54.6. The quantitative estimate of drug-likeness (QED) is 0.0211. The van der Waals surface area contributed by atoms with Gasteiger partial charge in [-0.15, -0.1) is 0 Å². The average Bonchev–Trinajstić information content (AvgIpc) is 3.46. The van der Waals surface area contributed by atoms with Crippen molar-refractivity contribution in [1.29, 1.82) is 0 Å². The van der Waals surface area contributed by atoms with Crippen molar-refractivity contribution in [2.75, 3.05) is 47.5 Å². The van der Waals surface area contributed by atoms with Crippen molar-refractivity contribution in [3.63, 3.8) is 0 Å². The molecule has 0 aliphatic carbocycles. The van der Waals surface area contributed by atoms with Crippen molar-refractivity contribution in [2.45, 2.75) is 309 Å². The fourth-order valence-electron chi connectivity index (χ4n) is 9.58. The molecule has 0 spiro atoms. The highest BCUT2D eigenvalue weighted by Gasteiger charge is 2.25. The lowest BCUT2D eigenvalue weighted by Crippen LogP contribution is -2.40. The van der Waals surface area contributed by atoms with E-state index in [0.717, 1.165) is 89.9 Å². The number of carboxylic acid groups (broad SMARTS) is 1. The maximum absolute atomic E-state index is 12.9. The van der Waals surface area contributed by atoms with Crippen molar-refractivity contribution in [2.24, 2.45) is 0 Å². The van der Waals surface area contributed by atoms with Crippen molar-refractivity contribution < 1.29 is 42.9 Å². The summed E-state index contributed by atoms with van der Waals surface area (Å²) in [6.45, 7) is 4.79. The number of carbonyl (C=O) groups excluding carboxylic acids is 2. The lowest BCUT2D eigenvalue weighted by Gasteiger charge is -2.25. The zero-order valence-electron chi connectivity index (χ0n) is 54.6. The topological polar surface area (TPSA) is 108 Å². The van der Waals surface area contributed by atoms with Gasteiger partial charge in [-0.3, -0.25) is 9.59 Å². The van der Waals surface area contributed by atoms with Crippen LogP contribution in [0.15, 0.2) is 97.2 Å². The third kappa shape index (κ3) is 65.6. The summed E-state index contributed by atoms with van der Waals surface area (Å²) in [4.78, 5) is 37.6. The number of ether oxygens (including phenoxy) is 4. The molecule has 0 aliphatic rings. The number of hydrogen-bond acceptors (Lipinski definition) is 7. The van der Waals surface area contributed by atoms with E-state index in [-0.39, 0.29) is 32.2 Å². The molecule has 0 fully saturated rings. The molecule has 478 valence electrons. The van der Waals surface area contributed by atoms with Gasteiger partial charge in [0.15, 0.2) is 6.10 Å². The minimum absolute atomic E-state index is 0.184. The number of rotatable bonds is 63. The molecule has 0 bridgehead atoms. The molecule has 0 radical (unpaired) electrons. The summed E-state index contributed by atoms with van der Waals surface area (Å²) in [6, 6.07) is 0. The van der Waals surface area contributed by atoms with Gasteiger partial charge in [-0.05, 0) is 96.3 Å². The third-order valence-corrected chi connectivity index (χ3v) is 14.8. The standard InChI is InChI=1S/C74H129NO8/c1-6-8-10-12-14-16-18-20-22-24-26-28-30-31-32-33-34-35-36-37-38-39-40-41-43-45-47-49-51-53-55-57-59-61-63-65-72(77)83-70(69-82-74(73(78)79)80-67-66-75(3,4)5)68-81-71(76)64-62-60-58-56-54-52-50-48-46-44-42-29-27-25-23-21-19-17-15-13-11-9-7-2/h8,10,14,16,20,22,25-28,31-32,34-35,37-38,70,74H,6-7,9,11-13,15,17-19,21,23-24,29-30,33,36,39-69H2,1-5H3/p+1/b10-8-,16-14-,22-20-,27-25-,28-26-,32-31-,35-34-,38-37-. The van der Waals surface area contributed by atoms with Crippen LogP contribution >= 0.6 is 0 Å². The molecule has 2 unspecified atom stereocenters. The molecule has 0 aromatic carbocycles. The van der Waals surface area contributed by atoms with Gasteiger partial charge in [0.05, 0.1) is 34.4 Å². The van der Waals surface area contributed by atoms with Crippen LogP contribution in [0.2, 0.25) is 0 Å². The van der Waals surface area contributed by atoms with Crippen LogP contribution in [0.4, 0.5) is 0 Å². The first-order chi connectivity index (χ1) is 40.6. The molecule has 0 aromatic heterocycles. The molecule has 1 N–H and O–H groups in total. The Morgan fingerprint density at radius 2 is 0.687 bits per heavy atom. The number of hydrogen-bond donors (Lipinski definition) is 1. The van der Waals surface area contributed by atoms with Gasteiger partial charge in [0.2, 0.25) is 0 Å². The first-order valence-electron chi connectivity index (χ1n) is 34.4. The smallest absolute Gasteiger partial charge is 0.361 e. The Bertz CT molecular complexity index is 1680. The van der Waals surface area contributed by atoms with E-state index >= 15 is 0 Å². The summed E-state index contributed by atoms with van der Waals surface area (Å²) >= 11 is 0. The Balaban J connectivity index is 4.13. The third-order valence-electron chi connectivity index (χ3n) is 14.8. The average molecular weight is 1160 g/mol. The van der Waals surface area contributed by atoms with Crippen molar-refractivity contribution >= 4 is 17.9 Å². The Hall–Kier alpha value is -3.79. The monoisotopic (exact) mass is 1160 g/mol. The number of unbranched alkanes of at least 4 members (excludes halogenated alkanes) is 32. The van der Waals surface area contributed by atoms with Gasteiger partial charge in [0.1, 0.15) is 13.2 Å².